The molecule has 7 heteroatoms. The van der Waals surface area contributed by atoms with Gasteiger partial charge in [0.1, 0.15) is 5.82 Å². The zero-order valence-corrected chi connectivity index (χ0v) is 7.96. The third kappa shape index (κ3) is 2.74. The number of aliphatic hydroxyl groups excluding tert-OH is 1. The van der Waals surface area contributed by atoms with Gasteiger partial charge in [0.25, 0.3) is 5.69 Å². The third-order valence-electron chi connectivity index (χ3n) is 1.94. The number of carboxylic acids is 1. The molecule has 2 N–H and O–H groups in total. The van der Waals surface area contributed by atoms with Crippen LogP contribution in [0.3, 0.4) is 0 Å². The van der Waals surface area contributed by atoms with Gasteiger partial charge in [0.05, 0.1) is 11.0 Å². The number of carbonyl (C=O) groups is 1. The lowest BCUT2D eigenvalue weighted by molar-refractivity contribution is -0.385. The van der Waals surface area contributed by atoms with Crippen molar-refractivity contribution >= 4 is 11.7 Å². The Balaban J connectivity index is 3.04. The van der Waals surface area contributed by atoms with Crippen molar-refractivity contribution in [3.05, 3.63) is 39.7 Å². The molecule has 0 saturated heterocycles. The number of hydrogen-bond acceptors (Lipinski definition) is 4. The van der Waals surface area contributed by atoms with Crippen molar-refractivity contribution in [2.24, 2.45) is 0 Å². The summed E-state index contributed by atoms with van der Waals surface area (Å²) in [5.41, 5.74) is -0.568. The first-order valence-corrected chi connectivity index (χ1v) is 4.25. The molecule has 0 amide bonds. The lowest BCUT2D eigenvalue weighted by Gasteiger charge is -2.05. The second kappa shape index (κ2) is 4.67. The number of nitro benzene ring substituents is 1. The minimum Gasteiger partial charge on any atom is -0.479 e. The summed E-state index contributed by atoms with van der Waals surface area (Å²) in [5, 5.41) is 28.0. The van der Waals surface area contributed by atoms with Crippen molar-refractivity contribution in [2.75, 3.05) is 0 Å². The molecule has 0 bridgehead atoms. The molecular weight excluding hydrogens is 221 g/mol. The summed E-state index contributed by atoms with van der Waals surface area (Å²) in [6.07, 6.45) is -2.18. The van der Waals surface area contributed by atoms with Gasteiger partial charge in [-0.1, -0.05) is 0 Å². The number of aliphatic hydroxyl groups is 1. The molecule has 0 fully saturated rings. The minimum absolute atomic E-state index is 0.0266. The summed E-state index contributed by atoms with van der Waals surface area (Å²) in [6.45, 7) is 0. The standard InChI is InChI=1S/C9H8FNO5/c10-6-2-1-5(3-8(12)9(13)14)7(4-6)11(15)16/h1-2,4,8,12H,3H2,(H,13,14). The smallest absolute Gasteiger partial charge is 0.332 e. The summed E-state index contributed by atoms with van der Waals surface area (Å²) in [6, 6.07) is 2.74. The van der Waals surface area contributed by atoms with Crippen LogP contribution in [0.2, 0.25) is 0 Å². The van der Waals surface area contributed by atoms with Crippen molar-refractivity contribution in [1.82, 2.24) is 0 Å². The van der Waals surface area contributed by atoms with Crippen molar-refractivity contribution in [3.63, 3.8) is 0 Å². The fourth-order valence-electron chi connectivity index (χ4n) is 1.18. The first kappa shape index (κ1) is 12.1. The van der Waals surface area contributed by atoms with Gasteiger partial charge in [-0.3, -0.25) is 10.1 Å². The number of benzene rings is 1. The Hall–Kier alpha value is -2.02. The van der Waals surface area contributed by atoms with Gasteiger partial charge >= 0.3 is 5.97 Å². The molecule has 0 saturated carbocycles. The summed E-state index contributed by atoms with van der Waals surface area (Å²) in [7, 11) is 0. The van der Waals surface area contributed by atoms with Gasteiger partial charge in [-0.05, 0) is 12.1 Å². The zero-order chi connectivity index (χ0) is 12.3. The molecule has 1 rings (SSSR count). The van der Waals surface area contributed by atoms with Crippen LogP contribution in [0.1, 0.15) is 5.56 Å². The molecule has 0 radical (unpaired) electrons. The van der Waals surface area contributed by atoms with Crippen LogP contribution in [-0.2, 0) is 11.2 Å². The Morgan fingerprint density at radius 2 is 2.19 bits per heavy atom. The predicted molar refractivity (Wildman–Crippen MR) is 50.4 cm³/mol. The van der Waals surface area contributed by atoms with E-state index in [0.717, 1.165) is 12.1 Å². The Kier molecular flexibility index (Phi) is 3.51. The second-order valence-electron chi connectivity index (χ2n) is 3.09. The van der Waals surface area contributed by atoms with Crippen LogP contribution in [0.15, 0.2) is 18.2 Å². The predicted octanol–water partition coefficient (Wildman–Crippen LogP) is 0.722. The van der Waals surface area contributed by atoms with Gasteiger partial charge < -0.3 is 10.2 Å². The molecule has 0 aliphatic rings. The highest BCUT2D eigenvalue weighted by molar-refractivity contribution is 5.72. The average Bonchev–Trinajstić information content (AvgIpc) is 2.20. The highest BCUT2D eigenvalue weighted by Gasteiger charge is 2.21. The number of hydrogen-bond donors (Lipinski definition) is 2. The highest BCUT2D eigenvalue weighted by Crippen LogP contribution is 2.21. The van der Waals surface area contributed by atoms with Crippen LogP contribution >= 0.6 is 0 Å². The van der Waals surface area contributed by atoms with E-state index in [1.54, 1.807) is 0 Å². The maximum atomic E-state index is 12.7. The molecular formula is C9H8FNO5. The lowest BCUT2D eigenvalue weighted by atomic mass is 10.1. The number of halogens is 1. The average molecular weight is 229 g/mol. The molecule has 86 valence electrons. The van der Waals surface area contributed by atoms with Gasteiger partial charge in [-0.25, -0.2) is 9.18 Å². The molecule has 1 atom stereocenters. The SMILES string of the molecule is O=C(O)C(O)Cc1ccc(F)cc1[N+](=O)[O-]. The first-order valence-electron chi connectivity index (χ1n) is 4.25. The number of nitro groups is 1. The van der Waals surface area contributed by atoms with Crippen LogP contribution in [0.4, 0.5) is 10.1 Å². The number of nitrogens with zero attached hydrogens (tertiary/aromatic N) is 1. The summed E-state index contributed by atoms with van der Waals surface area (Å²) in [4.78, 5) is 20.1. The summed E-state index contributed by atoms with van der Waals surface area (Å²) < 4.78 is 12.7. The summed E-state index contributed by atoms with van der Waals surface area (Å²) in [5.74, 6) is -2.28. The van der Waals surface area contributed by atoms with Crippen molar-refractivity contribution in [3.8, 4) is 0 Å². The van der Waals surface area contributed by atoms with Crippen molar-refractivity contribution in [2.45, 2.75) is 12.5 Å². The molecule has 0 aromatic heterocycles. The van der Waals surface area contributed by atoms with E-state index in [1.807, 2.05) is 0 Å². The Labute approximate surface area is 89.1 Å². The van der Waals surface area contributed by atoms with E-state index in [0.29, 0.717) is 6.07 Å². The summed E-state index contributed by atoms with van der Waals surface area (Å²) >= 11 is 0. The second-order valence-corrected chi connectivity index (χ2v) is 3.09. The lowest BCUT2D eigenvalue weighted by Crippen LogP contribution is -2.22. The van der Waals surface area contributed by atoms with Crippen molar-refractivity contribution in [1.29, 1.82) is 0 Å². The van der Waals surface area contributed by atoms with Gasteiger partial charge in [0.15, 0.2) is 6.10 Å². The number of carboxylic acid groups (broad SMARTS) is 1. The molecule has 0 spiro atoms. The number of rotatable bonds is 4. The largest absolute Gasteiger partial charge is 0.479 e. The van der Waals surface area contributed by atoms with Gasteiger partial charge in [-0.2, -0.15) is 0 Å². The Bertz CT molecular complexity index is 434. The fourth-order valence-corrected chi connectivity index (χ4v) is 1.18. The van der Waals surface area contributed by atoms with Crippen LogP contribution in [0, 0.1) is 15.9 Å². The van der Waals surface area contributed by atoms with E-state index in [2.05, 4.69) is 0 Å². The maximum absolute atomic E-state index is 12.7. The van der Waals surface area contributed by atoms with E-state index in [4.69, 9.17) is 10.2 Å². The van der Waals surface area contributed by atoms with E-state index in [1.165, 1.54) is 0 Å². The molecule has 1 aromatic carbocycles. The number of aliphatic carboxylic acids is 1. The monoisotopic (exact) mass is 229 g/mol. The van der Waals surface area contributed by atoms with Gasteiger partial charge in [-0.15, -0.1) is 0 Å². The molecule has 16 heavy (non-hydrogen) atoms. The minimum atomic E-state index is -1.75. The van der Waals surface area contributed by atoms with E-state index in [9.17, 15) is 19.3 Å². The quantitative estimate of drug-likeness (QED) is 0.585. The molecule has 0 heterocycles. The van der Waals surface area contributed by atoms with Crippen LogP contribution < -0.4 is 0 Å². The van der Waals surface area contributed by atoms with Crippen LogP contribution in [0.25, 0.3) is 0 Å². The van der Waals surface area contributed by atoms with Crippen LogP contribution in [0.5, 0.6) is 0 Å². The molecule has 0 aliphatic carbocycles. The van der Waals surface area contributed by atoms with Crippen LogP contribution in [-0.4, -0.2) is 27.2 Å². The fraction of sp³-hybridized carbons (Fsp3) is 0.222. The Morgan fingerprint density at radius 3 is 2.69 bits per heavy atom. The van der Waals surface area contributed by atoms with E-state index >= 15 is 0 Å². The topological polar surface area (TPSA) is 101 Å². The van der Waals surface area contributed by atoms with Gasteiger partial charge in [0, 0.05) is 12.0 Å². The van der Waals surface area contributed by atoms with E-state index < -0.39 is 34.9 Å². The highest BCUT2D eigenvalue weighted by atomic mass is 19.1. The van der Waals surface area contributed by atoms with E-state index in [-0.39, 0.29) is 5.56 Å². The molecule has 0 aliphatic heterocycles. The Morgan fingerprint density at radius 1 is 1.56 bits per heavy atom. The normalized spacial score (nSPS) is 12.1. The maximum Gasteiger partial charge on any atom is 0.332 e. The molecule has 1 aromatic rings. The first-order chi connectivity index (χ1) is 7.41. The molecule has 1 unspecified atom stereocenters. The van der Waals surface area contributed by atoms with Crippen molar-refractivity contribution < 1.29 is 24.3 Å². The third-order valence-corrected chi connectivity index (χ3v) is 1.94. The zero-order valence-electron chi connectivity index (χ0n) is 7.96. The molecule has 6 nitrogen and oxygen atoms in total. The van der Waals surface area contributed by atoms with Gasteiger partial charge in [0.2, 0.25) is 0 Å².